The summed E-state index contributed by atoms with van der Waals surface area (Å²) in [6.07, 6.45) is 5.22. The second kappa shape index (κ2) is 7.92. The van der Waals surface area contributed by atoms with Crippen molar-refractivity contribution in [3.63, 3.8) is 0 Å². The molecule has 0 bridgehead atoms. The van der Waals surface area contributed by atoms with Crippen molar-refractivity contribution < 1.29 is 14.4 Å². The third-order valence-corrected chi connectivity index (χ3v) is 6.85. The average molecular weight is 447 g/mol. The average Bonchev–Trinajstić information content (AvgIpc) is 3.37. The van der Waals surface area contributed by atoms with E-state index in [0.717, 1.165) is 11.1 Å². The number of para-hydroxylation sites is 1. The molecule has 0 aliphatic carbocycles. The molecule has 34 heavy (non-hydrogen) atoms. The Bertz CT molecular complexity index is 1330. The minimum Gasteiger partial charge on any atom is -0.292 e. The van der Waals surface area contributed by atoms with Gasteiger partial charge in [-0.05, 0) is 29.3 Å². The number of amides is 2. The molecule has 0 unspecified atom stereocenters. The van der Waals surface area contributed by atoms with Gasteiger partial charge in [0.1, 0.15) is 6.04 Å². The maximum Gasteiger partial charge on any atom is 0.240 e. The van der Waals surface area contributed by atoms with Crippen LogP contribution in [-0.2, 0) is 9.59 Å². The molecule has 6 nitrogen and oxygen atoms in total. The maximum atomic E-state index is 13.8. The van der Waals surface area contributed by atoms with Crippen LogP contribution in [0.4, 0.5) is 5.69 Å². The highest BCUT2D eigenvalue weighted by atomic mass is 16.2. The SMILES string of the molecule is O=C(c1ccc(-c2ccccc2)cc1)[C@@H]1[C@@H]2C(=O)N(c3ccccc3)C(=O)[C@H]2[C@H]2C=CC=NN21. The van der Waals surface area contributed by atoms with Gasteiger partial charge >= 0.3 is 0 Å². The predicted octanol–water partition coefficient (Wildman–Crippen LogP) is 3.95. The van der Waals surface area contributed by atoms with Gasteiger partial charge in [-0.25, -0.2) is 4.90 Å². The summed E-state index contributed by atoms with van der Waals surface area (Å²) in [5, 5.41) is 6.05. The summed E-state index contributed by atoms with van der Waals surface area (Å²) in [5.41, 5.74) is 3.08. The molecule has 0 spiro atoms. The van der Waals surface area contributed by atoms with E-state index in [0.29, 0.717) is 11.3 Å². The van der Waals surface area contributed by atoms with Crippen LogP contribution in [0.1, 0.15) is 10.4 Å². The highest BCUT2D eigenvalue weighted by molar-refractivity contribution is 6.24. The number of Topliss-reactive ketones (excluding diaryl/α,β-unsaturated/α-hetero) is 1. The number of ketones is 1. The van der Waals surface area contributed by atoms with Crippen LogP contribution in [0.3, 0.4) is 0 Å². The Kier molecular flexibility index (Phi) is 4.73. The molecule has 0 radical (unpaired) electrons. The van der Waals surface area contributed by atoms with Gasteiger partial charge in [0.25, 0.3) is 0 Å². The topological polar surface area (TPSA) is 70.0 Å². The first kappa shape index (κ1) is 20.3. The van der Waals surface area contributed by atoms with Crippen LogP contribution in [0.5, 0.6) is 0 Å². The number of hydrazone groups is 1. The predicted molar refractivity (Wildman–Crippen MR) is 129 cm³/mol. The molecule has 3 aliphatic rings. The van der Waals surface area contributed by atoms with Gasteiger partial charge in [0.15, 0.2) is 5.78 Å². The van der Waals surface area contributed by atoms with Gasteiger partial charge < -0.3 is 0 Å². The molecule has 2 fully saturated rings. The number of hydrogen-bond donors (Lipinski definition) is 0. The molecule has 3 heterocycles. The second-order valence-corrected chi connectivity index (χ2v) is 8.67. The van der Waals surface area contributed by atoms with Crippen LogP contribution >= 0.6 is 0 Å². The first-order valence-corrected chi connectivity index (χ1v) is 11.3. The van der Waals surface area contributed by atoms with E-state index in [1.807, 2.05) is 54.6 Å². The molecule has 0 saturated carbocycles. The fourth-order valence-corrected chi connectivity index (χ4v) is 5.30. The molecule has 3 aromatic rings. The minimum absolute atomic E-state index is 0.208. The highest BCUT2D eigenvalue weighted by Crippen LogP contribution is 2.46. The molecular weight excluding hydrogens is 426 g/mol. The summed E-state index contributed by atoms with van der Waals surface area (Å²) in [4.78, 5) is 42.0. The molecule has 0 aromatic heterocycles. The number of nitrogens with zero attached hydrogens (tertiary/aromatic N) is 3. The van der Waals surface area contributed by atoms with Gasteiger partial charge in [-0.1, -0.05) is 78.9 Å². The Morgan fingerprint density at radius 2 is 1.35 bits per heavy atom. The molecular formula is C28H21N3O3. The quantitative estimate of drug-likeness (QED) is 0.449. The van der Waals surface area contributed by atoms with Crippen LogP contribution in [0.15, 0.2) is 102 Å². The molecule has 166 valence electrons. The number of imide groups is 1. The summed E-state index contributed by atoms with van der Waals surface area (Å²) in [7, 11) is 0. The Morgan fingerprint density at radius 3 is 2.06 bits per heavy atom. The number of fused-ring (bicyclic) bond motifs is 3. The number of hydrogen-bond acceptors (Lipinski definition) is 5. The van der Waals surface area contributed by atoms with Gasteiger partial charge in [-0.3, -0.25) is 19.4 Å². The summed E-state index contributed by atoms with van der Waals surface area (Å²) < 4.78 is 0. The zero-order valence-electron chi connectivity index (χ0n) is 18.2. The van der Waals surface area contributed by atoms with E-state index in [2.05, 4.69) is 5.10 Å². The zero-order valence-corrected chi connectivity index (χ0v) is 18.2. The second-order valence-electron chi connectivity index (χ2n) is 8.67. The molecule has 0 N–H and O–H groups in total. The molecule has 2 amide bonds. The molecule has 4 atom stereocenters. The smallest absolute Gasteiger partial charge is 0.240 e. The first-order chi connectivity index (χ1) is 16.6. The van der Waals surface area contributed by atoms with E-state index < -0.39 is 23.9 Å². The third kappa shape index (κ3) is 3.03. The number of rotatable bonds is 4. The van der Waals surface area contributed by atoms with Crippen molar-refractivity contribution in [3.8, 4) is 11.1 Å². The van der Waals surface area contributed by atoms with Crippen LogP contribution < -0.4 is 4.90 Å². The Morgan fingerprint density at radius 1 is 0.735 bits per heavy atom. The van der Waals surface area contributed by atoms with Crippen molar-refractivity contribution in [2.75, 3.05) is 4.90 Å². The van der Waals surface area contributed by atoms with E-state index in [-0.39, 0.29) is 17.6 Å². The largest absolute Gasteiger partial charge is 0.292 e. The van der Waals surface area contributed by atoms with Crippen molar-refractivity contribution in [1.29, 1.82) is 0 Å². The Hall–Kier alpha value is -4.32. The van der Waals surface area contributed by atoms with Gasteiger partial charge in [0.05, 0.1) is 23.6 Å². The van der Waals surface area contributed by atoms with Crippen molar-refractivity contribution in [3.05, 3.63) is 103 Å². The Balaban J connectivity index is 1.37. The normalized spacial score (nSPS) is 24.9. The Labute approximate surface area is 196 Å². The molecule has 2 saturated heterocycles. The van der Waals surface area contributed by atoms with Crippen molar-refractivity contribution in [2.45, 2.75) is 12.1 Å². The fraction of sp³-hybridized carbons (Fsp3) is 0.143. The van der Waals surface area contributed by atoms with E-state index in [1.54, 1.807) is 53.7 Å². The summed E-state index contributed by atoms with van der Waals surface area (Å²) >= 11 is 0. The van der Waals surface area contributed by atoms with Crippen molar-refractivity contribution >= 4 is 29.5 Å². The number of benzene rings is 3. The van der Waals surface area contributed by atoms with Gasteiger partial charge in [-0.2, -0.15) is 5.10 Å². The van der Waals surface area contributed by atoms with Crippen molar-refractivity contribution in [1.82, 2.24) is 5.01 Å². The molecule has 3 aliphatic heterocycles. The standard InChI is InChI=1S/C28H21N3O3/c32-26(20-15-13-19(14-16-20)18-8-3-1-4-9-18)25-24-23(22-12-7-17-29-31(22)25)27(33)30(28(24)34)21-10-5-2-6-11-21/h1-17,22-25H/t22-,23+,24-,25+/m1/s1. The lowest BCUT2D eigenvalue weighted by atomic mass is 9.86. The lowest BCUT2D eigenvalue weighted by Gasteiger charge is -2.30. The number of carbonyl (C=O) groups excluding carboxylic acids is 3. The maximum absolute atomic E-state index is 13.8. The monoisotopic (exact) mass is 447 g/mol. The number of carbonyl (C=O) groups is 3. The first-order valence-electron chi connectivity index (χ1n) is 11.3. The lowest BCUT2D eigenvalue weighted by molar-refractivity contribution is -0.123. The van der Waals surface area contributed by atoms with Gasteiger partial charge in [0.2, 0.25) is 11.8 Å². The number of anilines is 1. The molecule has 6 rings (SSSR count). The van der Waals surface area contributed by atoms with Gasteiger partial charge in [-0.15, -0.1) is 0 Å². The van der Waals surface area contributed by atoms with Crippen LogP contribution in [0.25, 0.3) is 11.1 Å². The number of allylic oxidation sites excluding steroid dienone is 1. The van der Waals surface area contributed by atoms with Crippen molar-refractivity contribution in [2.24, 2.45) is 16.9 Å². The third-order valence-electron chi connectivity index (χ3n) is 6.85. The zero-order chi connectivity index (χ0) is 23.2. The van der Waals surface area contributed by atoms with Crippen LogP contribution in [0.2, 0.25) is 0 Å². The van der Waals surface area contributed by atoms with E-state index >= 15 is 0 Å². The minimum atomic E-state index is -0.844. The molecule has 3 aromatic carbocycles. The fourth-order valence-electron chi connectivity index (χ4n) is 5.30. The molecule has 6 heteroatoms. The van der Waals surface area contributed by atoms with Crippen LogP contribution in [-0.4, -0.2) is 40.9 Å². The van der Waals surface area contributed by atoms with E-state index in [4.69, 9.17) is 0 Å². The van der Waals surface area contributed by atoms with Gasteiger partial charge in [0, 0.05) is 11.8 Å². The van der Waals surface area contributed by atoms with E-state index in [9.17, 15) is 14.4 Å². The summed E-state index contributed by atoms with van der Waals surface area (Å²) in [6, 6.07) is 24.9. The lowest BCUT2D eigenvalue weighted by Crippen LogP contribution is -2.46. The highest BCUT2D eigenvalue weighted by Gasteiger charge is 2.64. The van der Waals surface area contributed by atoms with Crippen LogP contribution in [0, 0.1) is 11.8 Å². The summed E-state index contributed by atoms with van der Waals surface area (Å²) in [5.74, 6) is -2.29. The van der Waals surface area contributed by atoms with E-state index in [1.165, 1.54) is 4.90 Å². The summed E-state index contributed by atoms with van der Waals surface area (Å²) in [6.45, 7) is 0.